The lowest BCUT2D eigenvalue weighted by Gasteiger charge is -2.34. The van der Waals surface area contributed by atoms with Gasteiger partial charge in [-0.25, -0.2) is 0 Å². The average molecular weight is 367 g/mol. The van der Waals surface area contributed by atoms with E-state index in [0.717, 1.165) is 32.7 Å². The first-order valence-corrected chi connectivity index (χ1v) is 7.65. The molecule has 1 saturated heterocycles. The fourth-order valence-electron chi connectivity index (χ4n) is 2.38. The van der Waals surface area contributed by atoms with Gasteiger partial charge < -0.3 is 9.64 Å². The van der Waals surface area contributed by atoms with E-state index < -0.39 is 6.36 Å². The highest BCUT2D eigenvalue weighted by molar-refractivity contribution is 9.10. The third-order valence-corrected chi connectivity index (χ3v) is 4.05. The molecular weight excluding hydrogens is 349 g/mol. The number of likely N-dealkylation sites (N-methyl/N-ethyl adjacent to an activating group) is 1. The number of benzene rings is 1. The van der Waals surface area contributed by atoms with E-state index >= 15 is 0 Å². The number of halogens is 4. The predicted molar refractivity (Wildman–Crippen MR) is 78.2 cm³/mol. The molecular formula is C14H18BrF3N2O. The largest absolute Gasteiger partial charge is 0.573 e. The molecule has 0 amide bonds. The Morgan fingerprint density at radius 1 is 1.14 bits per heavy atom. The van der Waals surface area contributed by atoms with Crippen LogP contribution >= 0.6 is 15.9 Å². The van der Waals surface area contributed by atoms with Crippen molar-refractivity contribution in [1.82, 2.24) is 9.80 Å². The van der Waals surface area contributed by atoms with Gasteiger partial charge in [0.15, 0.2) is 0 Å². The van der Waals surface area contributed by atoms with E-state index in [0.29, 0.717) is 16.6 Å². The van der Waals surface area contributed by atoms with Crippen molar-refractivity contribution in [3.8, 4) is 5.75 Å². The topological polar surface area (TPSA) is 15.7 Å². The summed E-state index contributed by atoms with van der Waals surface area (Å²) in [7, 11) is 0. The zero-order chi connectivity index (χ0) is 15.5. The number of piperazine rings is 1. The van der Waals surface area contributed by atoms with Crippen LogP contribution in [0.15, 0.2) is 22.7 Å². The van der Waals surface area contributed by atoms with Crippen LogP contribution < -0.4 is 4.74 Å². The van der Waals surface area contributed by atoms with Crippen molar-refractivity contribution in [1.29, 1.82) is 0 Å². The monoisotopic (exact) mass is 366 g/mol. The second-order valence-corrected chi connectivity index (χ2v) is 5.93. The molecule has 1 aliphatic heterocycles. The Balaban J connectivity index is 2.06. The van der Waals surface area contributed by atoms with Gasteiger partial charge in [0.2, 0.25) is 0 Å². The molecule has 0 unspecified atom stereocenters. The lowest BCUT2D eigenvalue weighted by atomic mass is 10.1. The van der Waals surface area contributed by atoms with Gasteiger partial charge in [-0.05, 0) is 18.7 Å². The van der Waals surface area contributed by atoms with E-state index in [1.165, 1.54) is 6.07 Å². The molecule has 1 aromatic carbocycles. The molecule has 1 fully saturated rings. The second-order valence-electron chi connectivity index (χ2n) is 5.01. The van der Waals surface area contributed by atoms with Gasteiger partial charge in [0.25, 0.3) is 0 Å². The molecule has 0 aromatic heterocycles. The summed E-state index contributed by atoms with van der Waals surface area (Å²) < 4.78 is 42.1. The normalized spacial score (nSPS) is 18.0. The molecule has 0 spiro atoms. The fraction of sp³-hybridized carbons (Fsp3) is 0.571. The van der Waals surface area contributed by atoms with Crippen LogP contribution in [0.2, 0.25) is 0 Å². The predicted octanol–water partition coefficient (Wildman–Crippen LogP) is 3.49. The maximum absolute atomic E-state index is 12.5. The summed E-state index contributed by atoms with van der Waals surface area (Å²) in [4.78, 5) is 4.48. The van der Waals surface area contributed by atoms with E-state index in [2.05, 4.69) is 37.4 Å². The summed E-state index contributed by atoms with van der Waals surface area (Å²) in [6.45, 7) is 7.19. The van der Waals surface area contributed by atoms with Gasteiger partial charge in [-0.2, -0.15) is 0 Å². The Hall–Kier alpha value is -0.790. The van der Waals surface area contributed by atoms with Crippen LogP contribution in [0.3, 0.4) is 0 Å². The Morgan fingerprint density at radius 2 is 1.76 bits per heavy atom. The fourth-order valence-corrected chi connectivity index (χ4v) is 2.72. The van der Waals surface area contributed by atoms with Crippen LogP contribution in [-0.2, 0) is 6.54 Å². The van der Waals surface area contributed by atoms with Gasteiger partial charge in [-0.15, -0.1) is 13.2 Å². The Morgan fingerprint density at radius 3 is 2.33 bits per heavy atom. The number of hydrogen-bond donors (Lipinski definition) is 0. The third-order valence-electron chi connectivity index (χ3n) is 3.56. The minimum Gasteiger partial charge on any atom is -0.405 e. The zero-order valence-corrected chi connectivity index (χ0v) is 13.4. The van der Waals surface area contributed by atoms with Crippen molar-refractivity contribution in [3.63, 3.8) is 0 Å². The molecule has 1 heterocycles. The standard InChI is InChI=1S/C14H18BrF3N2O/c1-2-19-5-7-20(8-6-19)10-11-3-4-12(15)9-13(11)21-14(16,17)18/h3-4,9H,2,5-8,10H2,1H3. The molecule has 2 rings (SSSR count). The van der Waals surface area contributed by atoms with Crippen LogP contribution in [0.25, 0.3) is 0 Å². The Bertz CT molecular complexity index is 474. The summed E-state index contributed by atoms with van der Waals surface area (Å²) in [5, 5.41) is 0. The number of rotatable bonds is 4. The minimum absolute atomic E-state index is 0.130. The SMILES string of the molecule is CCN1CCN(Cc2ccc(Br)cc2OC(F)(F)F)CC1. The lowest BCUT2D eigenvalue weighted by Crippen LogP contribution is -2.45. The number of alkyl halides is 3. The quantitative estimate of drug-likeness (QED) is 0.811. The molecule has 1 aliphatic rings. The molecule has 0 aliphatic carbocycles. The molecule has 3 nitrogen and oxygen atoms in total. The number of nitrogens with zero attached hydrogens (tertiary/aromatic N) is 2. The Kier molecular flexibility index (Phi) is 5.51. The maximum Gasteiger partial charge on any atom is 0.573 e. The van der Waals surface area contributed by atoms with Crippen LogP contribution in [-0.4, -0.2) is 48.9 Å². The molecule has 0 N–H and O–H groups in total. The van der Waals surface area contributed by atoms with Crippen molar-refractivity contribution in [2.75, 3.05) is 32.7 Å². The zero-order valence-electron chi connectivity index (χ0n) is 11.8. The van der Waals surface area contributed by atoms with Crippen LogP contribution in [0.4, 0.5) is 13.2 Å². The van der Waals surface area contributed by atoms with Crippen molar-refractivity contribution < 1.29 is 17.9 Å². The third kappa shape index (κ3) is 5.16. The summed E-state index contributed by atoms with van der Waals surface area (Å²) in [5.74, 6) is -0.130. The number of hydrogen-bond acceptors (Lipinski definition) is 3. The van der Waals surface area contributed by atoms with Gasteiger partial charge in [0.05, 0.1) is 0 Å². The Labute approximate surface area is 130 Å². The average Bonchev–Trinajstić information content (AvgIpc) is 2.41. The summed E-state index contributed by atoms with van der Waals surface area (Å²) in [6.07, 6.45) is -4.67. The van der Waals surface area contributed by atoms with Crippen molar-refractivity contribution >= 4 is 15.9 Å². The maximum atomic E-state index is 12.5. The second kappa shape index (κ2) is 6.98. The van der Waals surface area contributed by atoms with E-state index in [4.69, 9.17) is 0 Å². The van der Waals surface area contributed by atoms with E-state index in [-0.39, 0.29) is 5.75 Å². The minimum atomic E-state index is -4.67. The van der Waals surface area contributed by atoms with Crippen LogP contribution in [0.5, 0.6) is 5.75 Å². The summed E-state index contributed by atoms with van der Waals surface area (Å²) in [6, 6.07) is 4.78. The molecule has 0 radical (unpaired) electrons. The van der Waals surface area contributed by atoms with Crippen molar-refractivity contribution in [2.45, 2.75) is 19.8 Å². The molecule has 7 heteroatoms. The van der Waals surface area contributed by atoms with Crippen molar-refractivity contribution in [3.05, 3.63) is 28.2 Å². The smallest absolute Gasteiger partial charge is 0.405 e. The number of ether oxygens (including phenoxy) is 1. The first-order valence-electron chi connectivity index (χ1n) is 6.86. The highest BCUT2D eigenvalue weighted by atomic mass is 79.9. The van der Waals surface area contributed by atoms with Gasteiger partial charge in [0.1, 0.15) is 5.75 Å². The van der Waals surface area contributed by atoms with E-state index in [1.807, 2.05) is 0 Å². The molecule has 118 valence electrons. The van der Waals surface area contributed by atoms with Gasteiger partial charge >= 0.3 is 6.36 Å². The molecule has 0 saturated carbocycles. The van der Waals surface area contributed by atoms with Crippen molar-refractivity contribution in [2.24, 2.45) is 0 Å². The van der Waals surface area contributed by atoms with Gasteiger partial charge in [-0.1, -0.05) is 28.9 Å². The van der Waals surface area contributed by atoms with E-state index in [9.17, 15) is 13.2 Å². The van der Waals surface area contributed by atoms with Crippen LogP contribution in [0.1, 0.15) is 12.5 Å². The first-order chi connectivity index (χ1) is 9.87. The first kappa shape index (κ1) is 16.6. The summed E-state index contributed by atoms with van der Waals surface area (Å²) >= 11 is 3.18. The van der Waals surface area contributed by atoms with E-state index in [1.54, 1.807) is 12.1 Å². The molecule has 0 bridgehead atoms. The molecule has 21 heavy (non-hydrogen) atoms. The summed E-state index contributed by atoms with van der Waals surface area (Å²) in [5.41, 5.74) is 0.556. The highest BCUT2D eigenvalue weighted by Gasteiger charge is 2.32. The lowest BCUT2D eigenvalue weighted by molar-refractivity contribution is -0.275. The molecule has 0 atom stereocenters. The molecule has 1 aromatic rings. The highest BCUT2D eigenvalue weighted by Crippen LogP contribution is 2.30. The van der Waals surface area contributed by atoms with Gasteiger partial charge in [0, 0.05) is 42.8 Å². The van der Waals surface area contributed by atoms with Gasteiger partial charge in [-0.3, -0.25) is 4.90 Å². The van der Waals surface area contributed by atoms with Crippen LogP contribution in [0, 0.1) is 0 Å².